The minimum Gasteiger partial charge on any atom is -0.334 e. The molecular formula is C11H21N3. The van der Waals surface area contributed by atoms with E-state index >= 15 is 0 Å². The molecule has 3 heteroatoms. The van der Waals surface area contributed by atoms with Crippen LogP contribution in [0.2, 0.25) is 0 Å². The second kappa shape index (κ2) is 4.60. The normalized spacial score (nSPS) is 12.0. The van der Waals surface area contributed by atoms with Gasteiger partial charge in [-0.05, 0) is 12.3 Å². The van der Waals surface area contributed by atoms with Gasteiger partial charge in [0, 0.05) is 25.5 Å². The minimum absolute atomic E-state index is 0.337. The van der Waals surface area contributed by atoms with Crippen molar-refractivity contribution in [2.75, 3.05) is 6.54 Å². The second-order valence-corrected chi connectivity index (χ2v) is 4.79. The lowest BCUT2D eigenvalue weighted by atomic mass is 9.97. The summed E-state index contributed by atoms with van der Waals surface area (Å²) in [6.07, 6.45) is 3.88. The van der Waals surface area contributed by atoms with Gasteiger partial charge in [-0.15, -0.1) is 0 Å². The highest BCUT2D eigenvalue weighted by molar-refractivity contribution is 4.91. The quantitative estimate of drug-likeness (QED) is 0.796. The molecular weight excluding hydrogens is 174 g/mol. The maximum atomic E-state index is 4.31. The van der Waals surface area contributed by atoms with Gasteiger partial charge in [0.05, 0.1) is 6.54 Å². The standard InChI is InChI=1S/C11H21N3/c1-5-14-7-6-13-10(14)8-12-9-11(2,3)4/h6-7,12H,5,8-9H2,1-4H3. The Hall–Kier alpha value is -0.830. The predicted octanol–water partition coefficient (Wildman–Crippen LogP) is 2.04. The van der Waals surface area contributed by atoms with E-state index in [1.54, 1.807) is 0 Å². The van der Waals surface area contributed by atoms with E-state index in [0.717, 1.165) is 25.5 Å². The van der Waals surface area contributed by atoms with Gasteiger partial charge in [-0.3, -0.25) is 0 Å². The number of aromatic nitrogens is 2. The summed E-state index contributed by atoms with van der Waals surface area (Å²) in [6.45, 7) is 11.7. The molecule has 14 heavy (non-hydrogen) atoms. The number of hydrogen-bond donors (Lipinski definition) is 1. The SMILES string of the molecule is CCn1ccnc1CNCC(C)(C)C. The Balaban J connectivity index is 2.38. The summed E-state index contributed by atoms with van der Waals surface area (Å²) in [5, 5.41) is 3.42. The molecule has 0 saturated carbocycles. The number of nitrogens with one attached hydrogen (secondary N) is 1. The van der Waals surface area contributed by atoms with Crippen molar-refractivity contribution < 1.29 is 0 Å². The largest absolute Gasteiger partial charge is 0.334 e. The third-order valence-corrected chi connectivity index (χ3v) is 2.08. The first kappa shape index (κ1) is 11.2. The first-order chi connectivity index (χ1) is 6.53. The third kappa shape index (κ3) is 3.50. The van der Waals surface area contributed by atoms with Crippen LogP contribution in [0.15, 0.2) is 12.4 Å². The van der Waals surface area contributed by atoms with Gasteiger partial charge < -0.3 is 9.88 Å². The van der Waals surface area contributed by atoms with Crippen LogP contribution in [-0.2, 0) is 13.1 Å². The van der Waals surface area contributed by atoms with Crippen LogP contribution in [0.5, 0.6) is 0 Å². The van der Waals surface area contributed by atoms with E-state index in [0.29, 0.717) is 5.41 Å². The molecule has 0 fully saturated rings. The van der Waals surface area contributed by atoms with Crippen LogP contribution in [0.4, 0.5) is 0 Å². The Labute approximate surface area is 86.5 Å². The Morgan fingerprint density at radius 3 is 2.71 bits per heavy atom. The summed E-state index contributed by atoms with van der Waals surface area (Å²) in [5.74, 6) is 1.12. The van der Waals surface area contributed by atoms with Crippen LogP contribution in [0.3, 0.4) is 0 Å². The van der Waals surface area contributed by atoms with Crippen LogP contribution in [0, 0.1) is 5.41 Å². The molecule has 1 rings (SSSR count). The monoisotopic (exact) mass is 195 g/mol. The van der Waals surface area contributed by atoms with E-state index in [2.05, 4.69) is 42.6 Å². The van der Waals surface area contributed by atoms with Crippen LogP contribution in [0.25, 0.3) is 0 Å². The van der Waals surface area contributed by atoms with Crippen molar-refractivity contribution in [2.24, 2.45) is 5.41 Å². The van der Waals surface area contributed by atoms with E-state index in [4.69, 9.17) is 0 Å². The predicted molar refractivity (Wildman–Crippen MR) is 59.1 cm³/mol. The molecule has 0 aliphatic carbocycles. The van der Waals surface area contributed by atoms with Crippen molar-refractivity contribution in [3.8, 4) is 0 Å². The fourth-order valence-electron chi connectivity index (χ4n) is 1.34. The zero-order valence-corrected chi connectivity index (χ0v) is 9.67. The number of hydrogen-bond acceptors (Lipinski definition) is 2. The van der Waals surface area contributed by atoms with Crippen molar-refractivity contribution in [3.05, 3.63) is 18.2 Å². The zero-order chi connectivity index (χ0) is 10.6. The van der Waals surface area contributed by atoms with Crippen molar-refractivity contribution >= 4 is 0 Å². The first-order valence-electron chi connectivity index (χ1n) is 5.23. The summed E-state index contributed by atoms with van der Waals surface area (Å²) in [4.78, 5) is 4.31. The van der Waals surface area contributed by atoms with Gasteiger partial charge in [0.2, 0.25) is 0 Å². The Kier molecular flexibility index (Phi) is 3.69. The third-order valence-electron chi connectivity index (χ3n) is 2.08. The molecule has 0 saturated heterocycles. The lowest BCUT2D eigenvalue weighted by molar-refractivity contribution is 0.375. The molecule has 0 unspecified atom stereocenters. The zero-order valence-electron chi connectivity index (χ0n) is 9.67. The molecule has 0 aliphatic rings. The number of rotatable bonds is 4. The molecule has 1 heterocycles. The number of aryl methyl sites for hydroxylation is 1. The fraction of sp³-hybridized carbons (Fsp3) is 0.727. The van der Waals surface area contributed by atoms with Gasteiger partial charge in [-0.25, -0.2) is 4.98 Å². The lowest BCUT2D eigenvalue weighted by Crippen LogP contribution is -2.27. The topological polar surface area (TPSA) is 29.9 Å². The van der Waals surface area contributed by atoms with Crippen LogP contribution in [0.1, 0.15) is 33.5 Å². The minimum atomic E-state index is 0.337. The van der Waals surface area contributed by atoms with Gasteiger partial charge in [0.1, 0.15) is 5.82 Å². The average Bonchev–Trinajstić information content (AvgIpc) is 2.49. The van der Waals surface area contributed by atoms with E-state index in [1.807, 2.05) is 12.4 Å². The molecule has 0 bridgehead atoms. The fourth-order valence-corrected chi connectivity index (χ4v) is 1.34. The maximum absolute atomic E-state index is 4.31. The molecule has 1 N–H and O–H groups in total. The van der Waals surface area contributed by atoms with Gasteiger partial charge in [-0.2, -0.15) is 0 Å². The van der Waals surface area contributed by atoms with Crippen LogP contribution in [-0.4, -0.2) is 16.1 Å². The average molecular weight is 195 g/mol. The highest BCUT2D eigenvalue weighted by atomic mass is 15.1. The van der Waals surface area contributed by atoms with Gasteiger partial charge >= 0.3 is 0 Å². The highest BCUT2D eigenvalue weighted by Gasteiger charge is 2.09. The van der Waals surface area contributed by atoms with E-state index in [1.165, 1.54) is 0 Å². The Morgan fingerprint density at radius 2 is 2.14 bits per heavy atom. The highest BCUT2D eigenvalue weighted by Crippen LogP contribution is 2.10. The van der Waals surface area contributed by atoms with Crippen molar-refractivity contribution in [2.45, 2.75) is 40.8 Å². The first-order valence-corrected chi connectivity index (χ1v) is 5.23. The molecule has 0 radical (unpaired) electrons. The van der Waals surface area contributed by atoms with Crippen molar-refractivity contribution in [3.63, 3.8) is 0 Å². The number of nitrogens with zero attached hydrogens (tertiary/aromatic N) is 2. The molecule has 3 nitrogen and oxygen atoms in total. The molecule has 80 valence electrons. The molecule has 1 aromatic heterocycles. The molecule has 1 aromatic rings. The van der Waals surface area contributed by atoms with Crippen LogP contribution < -0.4 is 5.32 Å². The molecule has 0 amide bonds. The summed E-state index contributed by atoms with van der Waals surface area (Å²) < 4.78 is 2.16. The summed E-state index contributed by atoms with van der Waals surface area (Å²) in [5.41, 5.74) is 0.337. The van der Waals surface area contributed by atoms with E-state index in [9.17, 15) is 0 Å². The van der Waals surface area contributed by atoms with Gasteiger partial charge in [0.15, 0.2) is 0 Å². The van der Waals surface area contributed by atoms with E-state index in [-0.39, 0.29) is 0 Å². The van der Waals surface area contributed by atoms with Crippen molar-refractivity contribution in [1.82, 2.24) is 14.9 Å². The molecule has 0 aliphatic heterocycles. The smallest absolute Gasteiger partial charge is 0.122 e. The van der Waals surface area contributed by atoms with E-state index < -0.39 is 0 Å². The summed E-state index contributed by atoms with van der Waals surface area (Å²) in [7, 11) is 0. The van der Waals surface area contributed by atoms with Crippen molar-refractivity contribution in [1.29, 1.82) is 0 Å². The summed E-state index contributed by atoms with van der Waals surface area (Å²) in [6, 6.07) is 0. The Bertz CT molecular complexity index is 270. The molecule has 0 atom stereocenters. The lowest BCUT2D eigenvalue weighted by Gasteiger charge is -2.18. The Morgan fingerprint density at radius 1 is 1.43 bits per heavy atom. The maximum Gasteiger partial charge on any atom is 0.122 e. The summed E-state index contributed by atoms with van der Waals surface area (Å²) >= 11 is 0. The second-order valence-electron chi connectivity index (χ2n) is 4.79. The van der Waals surface area contributed by atoms with Gasteiger partial charge in [-0.1, -0.05) is 20.8 Å². The molecule has 0 aromatic carbocycles. The number of imidazole rings is 1. The van der Waals surface area contributed by atoms with Crippen LogP contribution >= 0.6 is 0 Å². The molecule has 0 spiro atoms. The van der Waals surface area contributed by atoms with Gasteiger partial charge in [0.25, 0.3) is 0 Å².